The molecule has 0 fully saturated rings. The van der Waals surface area contributed by atoms with E-state index in [4.69, 9.17) is 28.0 Å². The molecule has 2 aromatic carbocycles. The maximum absolute atomic E-state index is 6.05. The maximum Gasteiger partial charge on any atom is 0.0598 e. The SMILES string of the molecule is CONC(C)c1cccc(-c2ccc(Cl)c(Cl)c2)c1. The lowest BCUT2D eigenvalue weighted by Crippen LogP contribution is -2.16. The summed E-state index contributed by atoms with van der Waals surface area (Å²) in [5.74, 6) is 0. The first-order valence-corrected chi connectivity index (χ1v) is 6.71. The van der Waals surface area contributed by atoms with Gasteiger partial charge in [-0.3, -0.25) is 0 Å². The van der Waals surface area contributed by atoms with Gasteiger partial charge in [0.15, 0.2) is 0 Å². The van der Waals surface area contributed by atoms with Crippen LogP contribution in [0.5, 0.6) is 0 Å². The molecule has 1 atom stereocenters. The van der Waals surface area contributed by atoms with Gasteiger partial charge in [-0.2, -0.15) is 5.48 Å². The lowest BCUT2D eigenvalue weighted by atomic mass is 10.0. The number of rotatable bonds is 4. The van der Waals surface area contributed by atoms with Crippen molar-refractivity contribution in [3.05, 3.63) is 58.1 Å². The zero-order valence-corrected chi connectivity index (χ0v) is 12.3. The molecule has 0 saturated heterocycles. The topological polar surface area (TPSA) is 21.3 Å². The third kappa shape index (κ3) is 3.48. The van der Waals surface area contributed by atoms with Gasteiger partial charge in [0.2, 0.25) is 0 Å². The maximum atomic E-state index is 6.05. The Balaban J connectivity index is 2.34. The monoisotopic (exact) mass is 295 g/mol. The first kappa shape index (κ1) is 14.4. The highest BCUT2D eigenvalue weighted by atomic mass is 35.5. The molecule has 0 aliphatic heterocycles. The van der Waals surface area contributed by atoms with Gasteiger partial charge in [0.1, 0.15) is 0 Å². The third-order valence-electron chi connectivity index (χ3n) is 2.93. The van der Waals surface area contributed by atoms with Gasteiger partial charge in [-0.05, 0) is 41.8 Å². The molecular weight excluding hydrogens is 281 g/mol. The predicted octanol–water partition coefficient (Wildman–Crippen LogP) is 4.87. The van der Waals surface area contributed by atoms with Crippen LogP contribution >= 0.6 is 23.2 Å². The minimum Gasteiger partial charge on any atom is -0.305 e. The fraction of sp³-hybridized carbons (Fsp3) is 0.200. The number of halogens is 2. The Hall–Kier alpha value is -1.06. The Bertz CT molecular complexity index is 572. The molecule has 19 heavy (non-hydrogen) atoms. The molecule has 0 radical (unpaired) electrons. The van der Waals surface area contributed by atoms with Crippen LogP contribution in [0.2, 0.25) is 10.0 Å². The van der Waals surface area contributed by atoms with E-state index in [0.717, 1.165) is 16.7 Å². The van der Waals surface area contributed by atoms with Crippen LogP contribution in [0.4, 0.5) is 0 Å². The van der Waals surface area contributed by atoms with Crippen LogP contribution in [0, 0.1) is 0 Å². The van der Waals surface area contributed by atoms with E-state index in [-0.39, 0.29) is 6.04 Å². The zero-order valence-electron chi connectivity index (χ0n) is 10.8. The average Bonchev–Trinajstić information content (AvgIpc) is 2.42. The van der Waals surface area contributed by atoms with Crippen LogP contribution in [0.3, 0.4) is 0 Å². The first-order chi connectivity index (χ1) is 9.11. The van der Waals surface area contributed by atoms with Crippen molar-refractivity contribution in [3.63, 3.8) is 0 Å². The molecule has 0 bridgehead atoms. The van der Waals surface area contributed by atoms with Gasteiger partial charge in [0.25, 0.3) is 0 Å². The van der Waals surface area contributed by atoms with Crippen LogP contribution in [-0.4, -0.2) is 7.11 Å². The number of hydrogen-bond acceptors (Lipinski definition) is 2. The fourth-order valence-corrected chi connectivity index (χ4v) is 2.21. The van der Waals surface area contributed by atoms with Crippen molar-refractivity contribution in [2.45, 2.75) is 13.0 Å². The highest BCUT2D eigenvalue weighted by molar-refractivity contribution is 6.42. The lowest BCUT2D eigenvalue weighted by molar-refractivity contribution is 0.0659. The van der Waals surface area contributed by atoms with Gasteiger partial charge in [-0.25, -0.2) is 0 Å². The molecule has 0 aliphatic carbocycles. The molecule has 2 nitrogen and oxygen atoms in total. The summed E-state index contributed by atoms with van der Waals surface area (Å²) in [5.41, 5.74) is 6.20. The summed E-state index contributed by atoms with van der Waals surface area (Å²) in [7, 11) is 1.61. The van der Waals surface area contributed by atoms with Gasteiger partial charge in [0, 0.05) is 0 Å². The minimum atomic E-state index is 0.118. The van der Waals surface area contributed by atoms with E-state index >= 15 is 0 Å². The van der Waals surface area contributed by atoms with Crippen LogP contribution in [0.25, 0.3) is 11.1 Å². The minimum absolute atomic E-state index is 0.118. The van der Waals surface area contributed by atoms with E-state index in [9.17, 15) is 0 Å². The fourth-order valence-electron chi connectivity index (χ4n) is 1.91. The molecule has 0 aliphatic rings. The van der Waals surface area contributed by atoms with E-state index in [1.165, 1.54) is 0 Å². The molecule has 0 aromatic heterocycles. The Morgan fingerprint density at radius 1 is 1.00 bits per heavy atom. The van der Waals surface area contributed by atoms with E-state index in [1.54, 1.807) is 7.11 Å². The van der Waals surface area contributed by atoms with Crippen molar-refractivity contribution >= 4 is 23.2 Å². The van der Waals surface area contributed by atoms with Crippen LogP contribution in [0.15, 0.2) is 42.5 Å². The number of nitrogens with one attached hydrogen (secondary N) is 1. The molecular formula is C15H15Cl2NO. The van der Waals surface area contributed by atoms with Crippen molar-refractivity contribution in [1.82, 2.24) is 5.48 Å². The van der Waals surface area contributed by atoms with Crippen LogP contribution < -0.4 is 5.48 Å². The predicted molar refractivity (Wildman–Crippen MR) is 80.5 cm³/mol. The first-order valence-electron chi connectivity index (χ1n) is 5.95. The normalized spacial score (nSPS) is 12.4. The Morgan fingerprint density at radius 3 is 2.42 bits per heavy atom. The number of hydrogen-bond donors (Lipinski definition) is 1. The van der Waals surface area contributed by atoms with E-state index in [0.29, 0.717) is 10.0 Å². The second kappa shape index (κ2) is 6.40. The summed E-state index contributed by atoms with van der Waals surface area (Å²) in [6.07, 6.45) is 0. The summed E-state index contributed by atoms with van der Waals surface area (Å²) in [6.45, 7) is 2.04. The molecule has 0 heterocycles. The second-order valence-corrected chi connectivity index (χ2v) is 5.11. The highest BCUT2D eigenvalue weighted by Gasteiger charge is 2.07. The van der Waals surface area contributed by atoms with Crippen molar-refractivity contribution < 1.29 is 4.84 Å². The molecule has 2 aromatic rings. The van der Waals surface area contributed by atoms with Crippen LogP contribution in [0.1, 0.15) is 18.5 Å². The average molecular weight is 296 g/mol. The van der Waals surface area contributed by atoms with E-state index in [2.05, 4.69) is 17.6 Å². The summed E-state index contributed by atoms with van der Waals surface area (Å²) >= 11 is 12.0. The van der Waals surface area contributed by atoms with Crippen LogP contribution in [-0.2, 0) is 4.84 Å². The Kier molecular flexibility index (Phi) is 4.83. The summed E-state index contributed by atoms with van der Waals surface area (Å²) < 4.78 is 0. The summed E-state index contributed by atoms with van der Waals surface area (Å²) in [5, 5.41) is 1.13. The van der Waals surface area contributed by atoms with Gasteiger partial charge < -0.3 is 4.84 Å². The van der Waals surface area contributed by atoms with E-state index < -0.39 is 0 Å². The van der Waals surface area contributed by atoms with Crippen molar-refractivity contribution in [3.8, 4) is 11.1 Å². The van der Waals surface area contributed by atoms with Gasteiger partial charge in [0.05, 0.1) is 23.2 Å². The molecule has 2 rings (SSSR count). The largest absolute Gasteiger partial charge is 0.305 e. The smallest absolute Gasteiger partial charge is 0.0598 e. The quantitative estimate of drug-likeness (QED) is 0.812. The Morgan fingerprint density at radius 2 is 1.74 bits per heavy atom. The molecule has 100 valence electrons. The zero-order chi connectivity index (χ0) is 13.8. The molecule has 0 saturated carbocycles. The Labute approximate surface area is 123 Å². The molecule has 0 amide bonds. The summed E-state index contributed by atoms with van der Waals surface area (Å²) in [6, 6.07) is 14.0. The standard InChI is InChI=1S/C15H15Cl2NO/c1-10(18-19-2)11-4-3-5-12(8-11)13-6-7-14(16)15(17)9-13/h3-10,18H,1-2H3. The van der Waals surface area contributed by atoms with Crippen molar-refractivity contribution in [2.75, 3.05) is 7.11 Å². The number of benzene rings is 2. The third-order valence-corrected chi connectivity index (χ3v) is 3.67. The van der Waals surface area contributed by atoms with Crippen molar-refractivity contribution in [2.24, 2.45) is 0 Å². The molecule has 4 heteroatoms. The summed E-state index contributed by atoms with van der Waals surface area (Å²) in [4.78, 5) is 4.95. The molecule has 1 unspecified atom stereocenters. The van der Waals surface area contributed by atoms with Gasteiger partial charge >= 0.3 is 0 Å². The van der Waals surface area contributed by atoms with E-state index in [1.807, 2.05) is 37.3 Å². The van der Waals surface area contributed by atoms with Crippen molar-refractivity contribution in [1.29, 1.82) is 0 Å². The van der Waals surface area contributed by atoms with Gasteiger partial charge in [-0.1, -0.05) is 47.5 Å². The van der Waals surface area contributed by atoms with Gasteiger partial charge in [-0.15, -0.1) is 0 Å². The molecule has 1 N–H and O–H groups in total. The number of hydroxylamine groups is 1. The molecule has 0 spiro atoms. The highest BCUT2D eigenvalue weighted by Crippen LogP contribution is 2.29. The second-order valence-electron chi connectivity index (χ2n) is 4.30. The lowest BCUT2D eigenvalue weighted by Gasteiger charge is -2.13.